The summed E-state index contributed by atoms with van der Waals surface area (Å²) in [5, 5.41) is 10.7. The van der Waals surface area contributed by atoms with E-state index in [2.05, 4.69) is 16.8 Å². The molecule has 2 aliphatic heterocycles. The van der Waals surface area contributed by atoms with Gasteiger partial charge in [0.2, 0.25) is 0 Å². The summed E-state index contributed by atoms with van der Waals surface area (Å²) in [6.07, 6.45) is 11.4. The van der Waals surface area contributed by atoms with Crippen LogP contribution in [0.25, 0.3) is 0 Å². The first-order chi connectivity index (χ1) is 9.67. The SMILES string of the molecule is CN1CCCCC1CCN1CCC2(O)CCCCC2C1. The number of aliphatic hydroxyl groups is 1. The smallest absolute Gasteiger partial charge is 0.0700 e. The third-order valence-corrected chi connectivity index (χ3v) is 6.21. The molecule has 0 amide bonds. The van der Waals surface area contributed by atoms with Crippen LogP contribution in [0.15, 0.2) is 0 Å². The average Bonchev–Trinajstić information content (AvgIpc) is 2.46. The van der Waals surface area contributed by atoms with Gasteiger partial charge in [-0.05, 0) is 58.7 Å². The average molecular weight is 280 g/mol. The number of likely N-dealkylation sites (tertiary alicyclic amines) is 2. The second-order valence-corrected chi connectivity index (χ2v) is 7.52. The van der Waals surface area contributed by atoms with Crippen LogP contribution in [-0.2, 0) is 0 Å². The Hall–Kier alpha value is -0.120. The van der Waals surface area contributed by atoms with Gasteiger partial charge in [-0.15, -0.1) is 0 Å². The minimum absolute atomic E-state index is 0.309. The summed E-state index contributed by atoms with van der Waals surface area (Å²) in [7, 11) is 2.29. The van der Waals surface area contributed by atoms with Crippen molar-refractivity contribution in [3.05, 3.63) is 0 Å². The maximum Gasteiger partial charge on any atom is 0.0700 e. The summed E-state index contributed by atoms with van der Waals surface area (Å²) < 4.78 is 0. The highest BCUT2D eigenvalue weighted by atomic mass is 16.3. The zero-order valence-corrected chi connectivity index (χ0v) is 13.2. The van der Waals surface area contributed by atoms with E-state index in [-0.39, 0.29) is 5.60 Å². The molecular formula is C17H32N2O. The number of piperidine rings is 2. The van der Waals surface area contributed by atoms with Crippen LogP contribution in [0.1, 0.15) is 57.8 Å². The molecule has 2 heterocycles. The van der Waals surface area contributed by atoms with E-state index >= 15 is 0 Å². The largest absolute Gasteiger partial charge is 0.390 e. The first-order valence-electron chi connectivity index (χ1n) is 8.82. The Labute approximate surface area is 124 Å². The highest BCUT2D eigenvalue weighted by Crippen LogP contribution is 2.39. The van der Waals surface area contributed by atoms with Gasteiger partial charge >= 0.3 is 0 Å². The number of nitrogens with zero attached hydrogens (tertiary/aromatic N) is 2. The lowest BCUT2D eigenvalue weighted by Gasteiger charge is -2.48. The van der Waals surface area contributed by atoms with Crippen LogP contribution in [0.2, 0.25) is 0 Å². The molecular weight excluding hydrogens is 248 g/mol. The Bertz CT molecular complexity index is 322. The van der Waals surface area contributed by atoms with Gasteiger partial charge in [0, 0.05) is 25.0 Å². The predicted octanol–water partition coefficient (Wildman–Crippen LogP) is 2.49. The Morgan fingerprint density at radius 1 is 1.05 bits per heavy atom. The zero-order chi connectivity index (χ0) is 14.0. The van der Waals surface area contributed by atoms with Gasteiger partial charge in [-0.1, -0.05) is 19.3 Å². The summed E-state index contributed by atoms with van der Waals surface area (Å²) >= 11 is 0. The molecule has 3 unspecified atom stereocenters. The van der Waals surface area contributed by atoms with E-state index in [1.54, 1.807) is 0 Å². The molecule has 3 rings (SSSR count). The lowest BCUT2D eigenvalue weighted by atomic mass is 9.71. The molecule has 0 radical (unpaired) electrons. The Morgan fingerprint density at radius 3 is 2.75 bits per heavy atom. The van der Waals surface area contributed by atoms with Crippen molar-refractivity contribution >= 4 is 0 Å². The highest BCUT2D eigenvalue weighted by molar-refractivity contribution is 4.95. The van der Waals surface area contributed by atoms with Crippen molar-refractivity contribution in [3.63, 3.8) is 0 Å². The maximum absolute atomic E-state index is 10.7. The normalized spacial score (nSPS) is 40.5. The van der Waals surface area contributed by atoms with Crippen LogP contribution in [0, 0.1) is 5.92 Å². The molecule has 1 saturated carbocycles. The van der Waals surface area contributed by atoms with Gasteiger partial charge in [-0.25, -0.2) is 0 Å². The molecule has 3 aliphatic rings. The first-order valence-corrected chi connectivity index (χ1v) is 8.82. The van der Waals surface area contributed by atoms with Crippen LogP contribution < -0.4 is 0 Å². The fourth-order valence-electron chi connectivity index (χ4n) is 4.68. The fourth-order valence-corrected chi connectivity index (χ4v) is 4.68. The van der Waals surface area contributed by atoms with Crippen LogP contribution in [0.5, 0.6) is 0 Å². The summed E-state index contributed by atoms with van der Waals surface area (Å²) in [5.74, 6) is 0.550. The highest BCUT2D eigenvalue weighted by Gasteiger charge is 2.42. The Morgan fingerprint density at radius 2 is 1.90 bits per heavy atom. The monoisotopic (exact) mass is 280 g/mol. The van der Waals surface area contributed by atoms with E-state index < -0.39 is 0 Å². The van der Waals surface area contributed by atoms with E-state index in [1.807, 2.05) is 0 Å². The van der Waals surface area contributed by atoms with Gasteiger partial charge in [0.25, 0.3) is 0 Å². The zero-order valence-electron chi connectivity index (χ0n) is 13.2. The lowest BCUT2D eigenvalue weighted by molar-refractivity contribution is -0.0960. The summed E-state index contributed by atoms with van der Waals surface area (Å²) in [6.45, 7) is 4.78. The van der Waals surface area contributed by atoms with Gasteiger partial charge in [0.1, 0.15) is 0 Å². The van der Waals surface area contributed by atoms with E-state index in [0.717, 1.165) is 32.0 Å². The molecule has 20 heavy (non-hydrogen) atoms. The second kappa shape index (κ2) is 6.33. The van der Waals surface area contributed by atoms with Gasteiger partial charge < -0.3 is 14.9 Å². The van der Waals surface area contributed by atoms with Crippen molar-refractivity contribution in [2.45, 2.75) is 69.4 Å². The van der Waals surface area contributed by atoms with Crippen LogP contribution in [-0.4, -0.2) is 59.8 Å². The van der Waals surface area contributed by atoms with Gasteiger partial charge in [0.05, 0.1) is 5.60 Å². The molecule has 1 aliphatic carbocycles. The molecule has 0 aromatic carbocycles. The van der Waals surface area contributed by atoms with Crippen molar-refractivity contribution < 1.29 is 5.11 Å². The summed E-state index contributed by atoms with van der Waals surface area (Å²) in [4.78, 5) is 5.19. The van der Waals surface area contributed by atoms with Crippen LogP contribution in [0.3, 0.4) is 0 Å². The van der Waals surface area contributed by atoms with Crippen LogP contribution in [0.4, 0.5) is 0 Å². The van der Waals surface area contributed by atoms with Gasteiger partial charge in [0.15, 0.2) is 0 Å². The van der Waals surface area contributed by atoms with E-state index in [9.17, 15) is 5.11 Å². The van der Waals surface area contributed by atoms with E-state index in [0.29, 0.717) is 5.92 Å². The number of hydrogen-bond acceptors (Lipinski definition) is 3. The van der Waals surface area contributed by atoms with Crippen molar-refractivity contribution in [2.75, 3.05) is 33.2 Å². The molecule has 0 spiro atoms. The van der Waals surface area contributed by atoms with E-state index in [4.69, 9.17) is 0 Å². The standard InChI is InChI=1S/C17H32N2O/c1-18-11-5-3-7-16(18)8-12-19-13-10-17(20)9-4-2-6-15(17)14-19/h15-16,20H,2-14H2,1H3. The van der Waals surface area contributed by atoms with Crippen molar-refractivity contribution in [3.8, 4) is 0 Å². The Kier molecular flexibility index (Phi) is 4.68. The minimum Gasteiger partial charge on any atom is -0.390 e. The molecule has 0 aromatic heterocycles. The summed E-state index contributed by atoms with van der Waals surface area (Å²) in [5.41, 5.74) is -0.309. The maximum atomic E-state index is 10.7. The van der Waals surface area contributed by atoms with Crippen molar-refractivity contribution in [2.24, 2.45) is 5.92 Å². The minimum atomic E-state index is -0.309. The molecule has 3 heteroatoms. The quantitative estimate of drug-likeness (QED) is 0.860. The van der Waals surface area contributed by atoms with Gasteiger partial charge in [-0.3, -0.25) is 0 Å². The lowest BCUT2D eigenvalue weighted by Crippen LogP contribution is -2.53. The second-order valence-electron chi connectivity index (χ2n) is 7.52. The van der Waals surface area contributed by atoms with Crippen LogP contribution >= 0.6 is 0 Å². The molecule has 3 fully saturated rings. The van der Waals surface area contributed by atoms with Crippen molar-refractivity contribution in [1.82, 2.24) is 9.80 Å². The molecule has 0 bridgehead atoms. The first kappa shape index (κ1) is 14.8. The van der Waals surface area contributed by atoms with Crippen molar-refractivity contribution in [1.29, 1.82) is 0 Å². The number of rotatable bonds is 3. The third-order valence-electron chi connectivity index (χ3n) is 6.21. The molecule has 3 atom stereocenters. The number of hydrogen-bond donors (Lipinski definition) is 1. The molecule has 116 valence electrons. The third kappa shape index (κ3) is 3.20. The topological polar surface area (TPSA) is 26.7 Å². The fraction of sp³-hybridized carbons (Fsp3) is 1.00. The summed E-state index contributed by atoms with van der Waals surface area (Å²) in [6, 6.07) is 0.802. The predicted molar refractivity (Wildman–Crippen MR) is 82.9 cm³/mol. The van der Waals surface area contributed by atoms with Gasteiger partial charge in [-0.2, -0.15) is 0 Å². The molecule has 1 N–H and O–H groups in total. The van der Waals surface area contributed by atoms with E-state index in [1.165, 1.54) is 58.0 Å². The molecule has 3 nitrogen and oxygen atoms in total. The molecule has 2 saturated heterocycles. The number of fused-ring (bicyclic) bond motifs is 1. The Balaban J connectivity index is 1.47. The molecule has 0 aromatic rings.